The second kappa shape index (κ2) is 8.53. The minimum Gasteiger partial charge on any atom is -0.467 e. The van der Waals surface area contributed by atoms with Crippen LogP contribution in [0.5, 0.6) is 0 Å². The third kappa shape index (κ3) is 4.30. The van der Waals surface area contributed by atoms with Crippen molar-refractivity contribution in [2.24, 2.45) is 4.99 Å². The van der Waals surface area contributed by atoms with Gasteiger partial charge in [-0.15, -0.1) is 0 Å². The van der Waals surface area contributed by atoms with Crippen molar-refractivity contribution >= 4 is 5.96 Å². The molecular formula is C18H30N4O2. The van der Waals surface area contributed by atoms with Crippen molar-refractivity contribution in [1.82, 2.24) is 15.5 Å². The number of ether oxygens (including phenoxy) is 1. The van der Waals surface area contributed by atoms with Gasteiger partial charge in [0.05, 0.1) is 6.26 Å². The summed E-state index contributed by atoms with van der Waals surface area (Å²) in [6, 6.07) is 3.85. The monoisotopic (exact) mass is 334 g/mol. The van der Waals surface area contributed by atoms with Gasteiger partial charge in [-0.05, 0) is 57.8 Å². The maximum absolute atomic E-state index is 5.62. The van der Waals surface area contributed by atoms with E-state index in [9.17, 15) is 0 Å². The van der Waals surface area contributed by atoms with Crippen LogP contribution >= 0.6 is 0 Å². The van der Waals surface area contributed by atoms with E-state index in [4.69, 9.17) is 9.15 Å². The molecule has 0 aromatic carbocycles. The molecule has 0 unspecified atom stereocenters. The molecule has 0 spiro atoms. The van der Waals surface area contributed by atoms with Gasteiger partial charge in [0, 0.05) is 31.8 Å². The van der Waals surface area contributed by atoms with E-state index in [0.717, 1.165) is 50.9 Å². The van der Waals surface area contributed by atoms with Crippen LogP contribution in [-0.2, 0) is 11.3 Å². The Labute approximate surface area is 144 Å². The Hall–Kier alpha value is -1.53. The SMILES string of the molecule is CCNC(=NCc1ccco1)NCC1(N2CCCC2)CCOCC1. The Morgan fingerprint density at radius 3 is 2.71 bits per heavy atom. The van der Waals surface area contributed by atoms with Crippen molar-refractivity contribution in [2.45, 2.75) is 44.7 Å². The molecule has 6 nitrogen and oxygen atoms in total. The van der Waals surface area contributed by atoms with Crippen LogP contribution in [0.3, 0.4) is 0 Å². The average Bonchev–Trinajstić information content (AvgIpc) is 3.32. The van der Waals surface area contributed by atoms with Crippen LogP contribution in [0, 0.1) is 0 Å². The molecule has 3 rings (SSSR count). The Balaban J connectivity index is 1.63. The van der Waals surface area contributed by atoms with E-state index in [1.54, 1.807) is 6.26 Å². The molecule has 1 aromatic rings. The van der Waals surface area contributed by atoms with Gasteiger partial charge in [-0.2, -0.15) is 0 Å². The van der Waals surface area contributed by atoms with Gasteiger partial charge >= 0.3 is 0 Å². The molecule has 6 heteroatoms. The second-order valence-electron chi connectivity index (χ2n) is 6.66. The summed E-state index contributed by atoms with van der Waals surface area (Å²) in [5.41, 5.74) is 0.204. The van der Waals surface area contributed by atoms with Gasteiger partial charge in [0.15, 0.2) is 5.96 Å². The van der Waals surface area contributed by atoms with Crippen LogP contribution in [0.4, 0.5) is 0 Å². The molecule has 2 fully saturated rings. The lowest BCUT2D eigenvalue weighted by Crippen LogP contribution is -2.58. The molecule has 0 aliphatic carbocycles. The first kappa shape index (κ1) is 17.3. The van der Waals surface area contributed by atoms with E-state index in [-0.39, 0.29) is 5.54 Å². The summed E-state index contributed by atoms with van der Waals surface area (Å²) < 4.78 is 11.0. The van der Waals surface area contributed by atoms with Crippen molar-refractivity contribution in [3.8, 4) is 0 Å². The lowest BCUT2D eigenvalue weighted by molar-refractivity contribution is -0.0164. The topological polar surface area (TPSA) is 62.0 Å². The zero-order valence-corrected chi connectivity index (χ0v) is 14.7. The fraction of sp³-hybridized carbons (Fsp3) is 0.722. The lowest BCUT2D eigenvalue weighted by atomic mass is 9.88. The molecular weight excluding hydrogens is 304 g/mol. The van der Waals surface area contributed by atoms with E-state index in [1.807, 2.05) is 12.1 Å². The van der Waals surface area contributed by atoms with E-state index in [0.29, 0.717) is 6.54 Å². The van der Waals surface area contributed by atoms with Gasteiger partial charge in [-0.1, -0.05) is 0 Å². The van der Waals surface area contributed by atoms with Crippen molar-refractivity contribution < 1.29 is 9.15 Å². The van der Waals surface area contributed by atoms with Gasteiger partial charge in [-0.3, -0.25) is 4.90 Å². The zero-order chi connectivity index (χ0) is 16.7. The quantitative estimate of drug-likeness (QED) is 0.615. The van der Waals surface area contributed by atoms with Gasteiger partial charge in [0.2, 0.25) is 0 Å². The number of furan rings is 1. The normalized spacial score (nSPS) is 21.8. The van der Waals surface area contributed by atoms with Crippen molar-refractivity contribution in [1.29, 1.82) is 0 Å². The van der Waals surface area contributed by atoms with Gasteiger partial charge in [-0.25, -0.2) is 4.99 Å². The molecule has 134 valence electrons. The number of nitrogens with one attached hydrogen (secondary N) is 2. The summed E-state index contributed by atoms with van der Waals surface area (Å²) in [4.78, 5) is 7.31. The minimum absolute atomic E-state index is 0.204. The third-order valence-electron chi connectivity index (χ3n) is 5.10. The van der Waals surface area contributed by atoms with Crippen molar-refractivity contribution in [3.05, 3.63) is 24.2 Å². The van der Waals surface area contributed by atoms with Gasteiger partial charge in [0.1, 0.15) is 12.3 Å². The molecule has 3 heterocycles. The summed E-state index contributed by atoms with van der Waals surface area (Å²) in [7, 11) is 0. The summed E-state index contributed by atoms with van der Waals surface area (Å²) in [5, 5.41) is 6.91. The van der Waals surface area contributed by atoms with Crippen LogP contribution in [-0.4, -0.2) is 55.8 Å². The first-order valence-corrected chi connectivity index (χ1v) is 9.20. The van der Waals surface area contributed by atoms with Gasteiger partial charge < -0.3 is 19.8 Å². The summed E-state index contributed by atoms with van der Waals surface area (Å²) >= 11 is 0. The van der Waals surface area contributed by atoms with Crippen LogP contribution in [0.15, 0.2) is 27.8 Å². The predicted octanol–water partition coefficient (Wildman–Crippen LogP) is 1.98. The number of hydrogen-bond acceptors (Lipinski definition) is 4. The molecule has 0 amide bonds. The molecule has 1 aromatic heterocycles. The Kier molecular flexibility index (Phi) is 6.15. The molecule has 2 N–H and O–H groups in total. The Morgan fingerprint density at radius 2 is 2.04 bits per heavy atom. The minimum atomic E-state index is 0.204. The van der Waals surface area contributed by atoms with Crippen LogP contribution in [0.1, 0.15) is 38.4 Å². The summed E-state index contributed by atoms with van der Waals surface area (Å²) in [6.07, 6.45) is 6.51. The lowest BCUT2D eigenvalue weighted by Gasteiger charge is -2.45. The molecule has 0 radical (unpaired) electrons. The van der Waals surface area contributed by atoms with E-state index < -0.39 is 0 Å². The standard InChI is InChI=1S/C18H30N4O2/c1-2-19-17(20-14-16-6-5-11-24-16)21-15-18(7-12-23-13-8-18)22-9-3-4-10-22/h5-6,11H,2-4,7-10,12-15H2,1H3,(H2,19,20,21). The van der Waals surface area contributed by atoms with Crippen molar-refractivity contribution in [2.75, 3.05) is 39.4 Å². The molecule has 2 aliphatic heterocycles. The predicted molar refractivity (Wildman–Crippen MR) is 95.1 cm³/mol. The number of nitrogens with zero attached hydrogens (tertiary/aromatic N) is 2. The van der Waals surface area contributed by atoms with E-state index >= 15 is 0 Å². The van der Waals surface area contributed by atoms with Crippen LogP contribution < -0.4 is 10.6 Å². The number of hydrogen-bond donors (Lipinski definition) is 2. The van der Waals surface area contributed by atoms with E-state index in [2.05, 4.69) is 27.4 Å². The average molecular weight is 334 g/mol. The third-order valence-corrected chi connectivity index (χ3v) is 5.10. The summed E-state index contributed by atoms with van der Waals surface area (Å²) in [5.74, 6) is 1.74. The first-order valence-electron chi connectivity index (χ1n) is 9.20. The van der Waals surface area contributed by atoms with E-state index in [1.165, 1.54) is 25.9 Å². The largest absolute Gasteiger partial charge is 0.467 e. The molecule has 2 aliphatic rings. The molecule has 0 saturated carbocycles. The zero-order valence-electron chi connectivity index (χ0n) is 14.7. The highest BCUT2D eigenvalue weighted by Crippen LogP contribution is 2.30. The Bertz CT molecular complexity index is 503. The molecule has 24 heavy (non-hydrogen) atoms. The number of likely N-dealkylation sites (tertiary alicyclic amines) is 1. The van der Waals surface area contributed by atoms with Crippen LogP contribution in [0.2, 0.25) is 0 Å². The van der Waals surface area contributed by atoms with Crippen LogP contribution in [0.25, 0.3) is 0 Å². The highest BCUT2D eigenvalue weighted by molar-refractivity contribution is 5.79. The fourth-order valence-corrected chi connectivity index (χ4v) is 3.70. The number of aliphatic imine (C=N–C) groups is 1. The number of guanidine groups is 1. The van der Waals surface area contributed by atoms with Crippen molar-refractivity contribution in [3.63, 3.8) is 0 Å². The maximum Gasteiger partial charge on any atom is 0.191 e. The highest BCUT2D eigenvalue weighted by Gasteiger charge is 2.39. The number of rotatable bonds is 6. The maximum atomic E-state index is 5.62. The smallest absolute Gasteiger partial charge is 0.191 e. The molecule has 0 bridgehead atoms. The second-order valence-corrected chi connectivity index (χ2v) is 6.66. The molecule has 2 saturated heterocycles. The Morgan fingerprint density at radius 1 is 1.25 bits per heavy atom. The highest BCUT2D eigenvalue weighted by atomic mass is 16.5. The first-order chi connectivity index (χ1) is 11.8. The fourth-order valence-electron chi connectivity index (χ4n) is 3.70. The molecule has 0 atom stereocenters. The summed E-state index contributed by atoms with van der Waals surface area (Å²) in [6.45, 7) is 8.56. The van der Waals surface area contributed by atoms with Gasteiger partial charge in [0.25, 0.3) is 0 Å².